The molecule has 0 heterocycles. The van der Waals surface area contributed by atoms with Crippen LogP contribution < -0.4 is 0 Å². The SMILES string of the molecule is CC(=O)c1ccc(C2(CO)CCC2)cc1. The zero-order valence-corrected chi connectivity index (χ0v) is 8.99. The van der Waals surface area contributed by atoms with Gasteiger partial charge in [0.2, 0.25) is 0 Å². The van der Waals surface area contributed by atoms with Gasteiger partial charge in [0.05, 0.1) is 6.61 Å². The fraction of sp³-hybridized carbons (Fsp3) is 0.462. The van der Waals surface area contributed by atoms with Crippen molar-refractivity contribution in [3.05, 3.63) is 35.4 Å². The van der Waals surface area contributed by atoms with E-state index in [0.717, 1.165) is 18.4 Å². The number of benzene rings is 1. The van der Waals surface area contributed by atoms with Gasteiger partial charge in [0, 0.05) is 11.0 Å². The molecule has 1 aliphatic carbocycles. The van der Waals surface area contributed by atoms with E-state index < -0.39 is 0 Å². The van der Waals surface area contributed by atoms with Crippen molar-refractivity contribution in [2.24, 2.45) is 0 Å². The number of carbonyl (C=O) groups excluding carboxylic acids is 1. The fourth-order valence-corrected chi connectivity index (χ4v) is 2.20. The minimum absolute atomic E-state index is 0.0185. The number of hydrogen-bond acceptors (Lipinski definition) is 2. The van der Waals surface area contributed by atoms with Crippen LogP contribution in [0.1, 0.15) is 42.1 Å². The fourth-order valence-electron chi connectivity index (χ4n) is 2.20. The van der Waals surface area contributed by atoms with Gasteiger partial charge in [-0.25, -0.2) is 0 Å². The molecule has 0 aliphatic heterocycles. The summed E-state index contributed by atoms with van der Waals surface area (Å²) in [6.45, 7) is 1.78. The summed E-state index contributed by atoms with van der Waals surface area (Å²) in [5.74, 6) is 0.0909. The summed E-state index contributed by atoms with van der Waals surface area (Å²) in [6.07, 6.45) is 3.31. The first kappa shape index (κ1) is 10.4. The molecular weight excluding hydrogens is 188 g/mol. The Balaban J connectivity index is 2.26. The zero-order valence-electron chi connectivity index (χ0n) is 8.99. The Bertz CT molecular complexity index is 355. The van der Waals surface area contributed by atoms with Gasteiger partial charge in [-0.1, -0.05) is 30.7 Å². The molecule has 0 saturated heterocycles. The molecule has 0 unspecified atom stereocenters. The largest absolute Gasteiger partial charge is 0.395 e. The van der Waals surface area contributed by atoms with Crippen LogP contribution in [0.2, 0.25) is 0 Å². The number of ketones is 1. The van der Waals surface area contributed by atoms with Gasteiger partial charge in [0.25, 0.3) is 0 Å². The van der Waals surface area contributed by atoms with Crippen molar-refractivity contribution in [1.82, 2.24) is 0 Å². The predicted molar refractivity (Wildman–Crippen MR) is 59.1 cm³/mol. The molecule has 1 N–H and O–H groups in total. The maximum atomic E-state index is 11.1. The van der Waals surface area contributed by atoms with Crippen LogP contribution in [-0.4, -0.2) is 17.5 Å². The molecule has 0 aromatic heterocycles. The molecule has 80 valence electrons. The Hall–Kier alpha value is -1.15. The summed E-state index contributed by atoms with van der Waals surface area (Å²) < 4.78 is 0. The smallest absolute Gasteiger partial charge is 0.159 e. The highest BCUT2D eigenvalue weighted by Crippen LogP contribution is 2.43. The van der Waals surface area contributed by atoms with Crippen molar-refractivity contribution in [1.29, 1.82) is 0 Å². The Morgan fingerprint density at radius 1 is 1.33 bits per heavy atom. The normalized spacial score (nSPS) is 18.3. The van der Waals surface area contributed by atoms with E-state index in [0.29, 0.717) is 0 Å². The molecule has 2 rings (SSSR count). The summed E-state index contributed by atoms with van der Waals surface area (Å²) in [4.78, 5) is 11.1. The van der Waals surface area contributed by atoms with E-state index in [1.807, 2.05) is 24.3 Å². The summed E-state index contributed by atoms with van der Waals surface area (Å²) in [7, 11) is 0. The third-order valence-electron chi connectivity index (χ3n) is 3.52. The summed E-state index contributed by atoms with van der Waals surface area (Å²) in [5.41, 5.74) is 1.89. The second kappa shape index (κ2) is 3.78. The number of Topliss-reactive ketones (excluding diaryl/α,β-unsaturated/α-hetero) is 1. The van der Waals surface area contributed by atoms with E-state index in [9.17, 15) is 9.90 Å². The maximum absolute atomic E-state index is 11.1. The summed E-state index contributed by atoms with van der Waals surface area (Å²) in [6, 6.07) is 7.67. The molecule has 0 amide bonds. The Morgan fingerprint density at radius 3 is 2.27 bits per heavy atom. The van der Waals surface area contributed by atoms with Gasteiger partial charge < -0.3 is 5.11 Å². The van der Waals surface area contributed by atoms with E-state index in [1.54, 1.807) is 6.92 Å². The first-order valence-corrected chi connectivity index (χ1v) is 5.40. The summed E-state index contributed by atoms with van der Waals surface area (Å²) >= 11 is 0. The molecular formula is C13H16O2. The average molecular weight is 204 g/mol. The zero-order chi connectivity index (χ0) is 10.9. The van der Waals surface area contributed by atoms with Gasteiger partial charge in [0.1, 0.15) is 0 Å². The monoisotopic (exact) mass is 204 g/mol. The van der Waals surface area contributed by atoms with E-state index in [4.69, 9.17) is 0 Å². The summed E-state index contributed by atoms with van der Waals surface area (Å²) in [5, 5.41) is 9.40. The third-order valence-corrected chi connectivity index (χ3v) is 3.52. The molecule has 0 bridgehead atoms. The van der Waals surface area contributed by atoms with Gasteiger partial charge in [0.15, 0.2) is 5.78 Å². The topological polar surface area (TPSA) is 37.3 Å². The van der Waals surface area contributed by atoms with Crippen LogP contribution in [0, 0.1) is 0 Å². The van der Waals surface area contributed by atoms with Crippen LogP contribution in [0.25, 0.3) is 0 Å². The Kier molecular flexibility index (Phi) is 2.61. The van der Waals surface area contributed by atoms with Crippen LogP contribution in [-0.2, 0) is 5.41 Å². The molecule has 2 nitrogen and oxygen atoms in total. The molecule has 0 spiro atoms. The minimum Gasteiger partial charge on any atom is -0.395 e. The van der Waals surface area contributed by atoms with Crippen LogP contribution in [0.4, 0.5) is 0 Å². The first-order chi connectivity index (χ1) is 7.18. The number of carbonyl (C=O) groups is 1. The molecule has 15 heavy (non-hydrogen) atoms. The van der Waals surface area contributed by atoms with E-state index in [1.165, 1.54) is 12.0 Å². The van der Waals surface area contributed by atoms with Crippen LogP contribution in [0.5, 0.6) is 0 Å². The van der Waals surface area contributed by atoms with Crippen molar-refractivity contribution in [2.45, 2.75) is 31.6 Å². The van der Waals surface area contributed by atoms with E-state index in [-0.39, 0.29) is 17.8 Å². The van der Waals surface area contributed by atoms with Gasteiger partial charge in [-0.15, -0.1) is 0 Å². The Morgan fingerprint density at radius 2 is 1.93 bits per heavy atom. The molecule has 1 aliphatic rings. The Labute approximate surface area is 89.9 Å². The highest BCUT2D eigenvalue weighted by Gasteiger charge is 2.37. The van der Waals surface area contributed by atoms with Crippen LogP contribution in [0.3, 0.4) is 0 Å². The standard InChI is InChI=1S/C13H16O2/c1-10(15)11-3-5-12(6-4-11)13(9-14)7-2-8-13/h3-6,14H,2,7-9H2,1H3. The first-order valence-electron chi connectivity index (χ1n) is 5.40. The number of aliphatic hydroxyl groups is 1. The molecule has 2 heteroatoms. The number of hydrogen-bond donors (Lipinski definition) is 1. The third kappa shape index (κ3) is 1.70. The molecule has 1 saturated carbocycles. The van der Waals surface area contributed by atoms with Gasteiger partial charge in [-0.2, -0.15) is 0 Å². The highest BCUT2D eigenvalue weighted by molar-refractivity contribution is 5.94. The molecule has 0 atom stereocenters. The van der Waals surface area contributed by atoms with Crippen molar-refractivity contribution in [3.8, 4) is 0 Å². The molecule has 1 aromatic carbocycles. The van der Waals surface area contributed by atoms with Gasteiger partial charge in [-0.3, -0.25) is 4.79 Å². The quantitative estimate of drug-likeness (QED) is 0.767. The second-order valence-electron chi connectivity index (χ2n) is 4.43. The number of aliphatic hydroxyl groups excluding tert-OH is 1. The van der Waals surface area contributed by atoms with E-state index in [2.05, 4.69) is 0 Å². The predicted octanol–water partition coefficient (Wildman–Crippen LogP) is 2.30. The lowest BCUT2D eigenvalue weighted by Gasteiger charge is -2.40. The van der Waals surface area contributed by atoms with Crippen LogP contribution in [0.15, 0.2) is 24.3 Å². The molecule has 0 radical (unpaired) electrons. The lowest BCUT2D eigenvalue weighted by molar-refractivity contribution is 0.101. The van der Waals surface area contributed by atoms with Gasteiger partial charge in [-0.05, 0) is 25.3 Å². The minimum atomic E-state index is -0.0185. The lowest BCUT2D eigenvalue weighted by Crippen LogP contribution is -2.37. The average Bonchev–Trinajstić information content (AvgIpc) is 2.18. The van der Waals surface area contributed by atoms with Crippen molar-refractivity contribution in [3.63, 3.8) is 0 Å². The second-order valence-corrected chi connectivity index (χ2v) is 4.43. The molecule has 1 aromatic rings. The van der Waals surface area contributed by atoms with Crippen LogP contribution >= 0.6 is 0 Å². The van der Waals surface area contributed by atoms with E-state index >= 15 is 0 Å². The maximum Gasteiger partial charge on any atom is 0.159 e. The van der Waals surface area contributed by atoms with Crippen molar-refractivity contribution in [2.75, 3.05) is 6.61 Å². The lowest BCUT2D eigenvalue weighted by atomic mass is 9.65. The van der Waals surface area contributed by atoms with Gasteiger partial charge >= 0.3 is 0 Å². The van der Waals surface area contributed by atoms with Crippen molar-refractivity contribution < 1.29 is 9.90 Å². The molecule has 1 fully saturated rings. The highest BCUT2D eigenvalue weighted by atomic mass is 16.3. The number of rotatable bonds is 3. The van der Waals surface area contributed by atoms with Crippen molar-refractivity contribution >= 4 is 5.78 Å².